The summed E-state index contributed by atoms with van der Waals surface area (Å²) in [6.45, 7) is 2.61. The van der Waals surface area contributed by atoms with E-state index in [0.717, 1.165) is 33.6 Å². The molecule has 22 heavy (non-hydrogen) atoms. The summed E-state index contributed by atoms with van der Waals surface area (Å²) < 4.78 is 5.52. The van der Waals surface area contributed by atoms with Crippen molar-refractivity contribution in [1.82, 2.24) is 4.98 Å². The Bertz CT molecular complexity index is 849. The molecule has 3 heteroatoms. The predicted molar refractivity (Wildman–Crippen MR) is 90.6 cm³/mol. The van der Waals surface area contributed by atoms with Crippen LogP contribution in [0.5, 0.6) is 5.75 Å². The summed E-state index contributed by atoms with van der Waals surface area (Å²) in [6, 6.07) is 15.6. The molecule has 3 aromatic rings. The van der Waals surface area contributed by atoms with Crippen molar-refractivity contribution in [2.45, 2.75) is 6.92 Å². The van der Waals surface area contributed by atoms with Gasteiger partial charge >= 0.3 is 0 Å². The summed E-state index contributed by atoms with van der Waals surface area (Å²) in [5.41, 5.74) is 3.69. The molecular weight excluding hydrogens is 272 g/mol. The van der Waals surface area contributed by atoms with Crippen molar-refractivity contribution < 1.29 is 4.74 Å². The van der Waals surface area contributed by atoms with E-state index in [2.05, 4.69) is 16.2 Å². The normalized spacial score (nSPS) is 10.2. The lowest BCUT2D eigenvalue weighted by molar-refractivity contribution is 0.340. The lowest BCUT2D eigenvalue weighted by Crippen LogP contribution is -1.95. The number of pyridine rings is 1. The van der Waals surface area contributed by atoms with Gasteiger partial charge in [-0.25, -0.2) is 0 Å². The molecule has 0 bridgehead atoms. The third kappa shape index (κ3) is 2.87. The molecule has 0 amide bonds. The number of nitrogens with zero attached hydrogens (tertiary/aromatic N) is 1. The maximum Gasteiger partial charge on any atom is 0.121 e. The fourth-order valence-electron chi connectivity index (χ4n) is 2.34. The van der Waals surface area contributed by atoms with Crippen molar-refractivity contribution in [3.63, 3.8) is 0 Å². The van der Waals surface area contributed by atoms with Gasteiger partial charge in [-0.3, -0.25) is 4.98 Å². The Morgan fingerprint density at radius 2 is 2.09 bits per heavy atom. The van der Waals surface area contributed by atoms with E-state index < -0.39 is 0 Å². The lowest BCUT2D eigenvalue weighted by atomic mass is 10.1. The number of hydrogen-bond acceptors (Lipinski definition) is 3. The Morgan fingerprint density at radius 3 is 2.91 bits per heavy atom. The van der Waals surface area contributed by atoms with E-state index in [1.807, 2.05) is 55.5 Å². The molecule has 0 unspecified atom stereocenters. The van der Waals surface area contributed by atoms with Crippen molar-refractivity contribution in [1.29, 1.82) is 0 Å². The first-order valence-corrected chi connectivity index (χ1v) is 7.15. The third-order valence-corrected chi connectivity index (χ3v) is 3.33. The van der Waals surface area contributed by atoms with E-state index in [4.69, 9.17) is 11.2 Å². The Hall–Kier alpha value is -2.99. The van der Waals surface area contributed by atoms with Crippen LogP contribution in [-0.4, -0.2) is 11.6 Å². The highest BCUT2D eigenvalue weighted by Gasteiger charge is 2.04. The molecule has 0 aliphatic carbocycles. The first-order chi connectivity index (χ1) is 10.8. The summed E-state index contributed by atoms with van der Waals surface area (Å²) in [6.07, 6.45) is 7.23. The molecule has 0 saturated carbocycles. The largest absolute Gasteiger partial charge is 0.494 e. The highest BCUT2D eigenvalue weighted by molar-refractivity contribution is 5.93. The van der Waals surface area contributed by atoms with E-state index in [-0.39, 0.29) is 0 Å². The number of benzene rings is 2. The van der Waals surface area contributed by atoms with Gasteiger partial charge in [0.2, 0.25) is 0 Å². The van der Waals surface area contributed by atoms with Crippen LogP contribution in [0.2, 0.25) is 0 Å². The zero-order valence-electron chi connectivity index (χ0n) is 12.3. The molecule has 0 spiro atoms. The number of rotatable bonds is 4. The number of fused-ring (bicyclic) bond motifs is 1. The fourth-order valence-corrected chi connectivity index (χ4v) is 2.34. The van der Waals surface area contributed by atoms with E-state index in [1.165, 1.54) is 0 Å². The monoisotopic (exact) mass is 288 g/mol. The maximum absolute atomic E-state index is 5.52. The average molecular weight is 288 g/mol. The Kier molecular flexibility index (Phi) is 3.93. The highest BCUT2D eigenvalue weighted by atomic mass is 16.5. The fraction of sp³-hybridized carbons (Fsp3) is 0.105. The van der Waals surface area contributed by atoms with E-state index in [1.54, 1.807) is 6.20 Å². The van der Waals surface area contributed by atoms with Gasteiger partial charge in [0.25, 0.3) is 0 Å². The number of hydrogen-bond donors (Lipinski definition) is 1. The highest BCUT2D eigenvalue weighted by Crippen LogP contribution is 2.28. The standard InChI is InChI=1S/C19H16N2O/c1-3-14-6-5-7-15(12-14)21-18-10-11-20-19-13-16(22-4-2)8-9-17(18)19/h1,5-13H,4H2,2H3,(H,20,21). The van der Waals surface area contributed by atoms with Gasteiger partial charge in [0, 0.05) is 34.6 Å². The maximum atomic E-state index is 5.52. The van der Waals surface area contributed by atoms with Gasteiger partial charge in [-0.05, 0) is 43.3 Å². The lowest BCUT2D eigenvalue weighted by Gasteiger charge is -2.11. The van der Waals surface area contributed by atoms with Gasteiger partial charge in [0.1, 0.15) is 5.75 Å². The molecule has 0 aliphatic rings. The zero-order chi connectivity index (χ0) is 15.4. The first-order valence-electron chi connectivity index (χ1n) is 7.15. The Balaban J connectivity index is 1.98. The van der Waals surface area contributed by atoms with Crippen molar-refractivity contribution >= 4 is 22.3 Å². The predicted octanol–water partition coefficient (Wildman–Crippen LogP) is 4.36. The van der Waals surface area contributed by atoms with Gasteiger partial charge in [-0.1, -0.05) is 12.0 Å². The minimum Gasteiger partial charge on any atom is -0.494 e. The van der Waals surface area contributed by atoms with Crippen LogP contribution in [0.3, 0.4) is 0 Å². The molecule has 3 nitrogen and oxygen atoms in total. The second-order valence-electron chi connectivity index (χ2n) is 4.82. The average Bonchev–Trinajstić information content (AvgIpc) is 2.55. The molecular formula is C19H16N2O. The number of ether oxygens (including phenoxy) is 1. The van der Waals surface area contributed by atoms with Crippen molar-refractivity contribution in [2.75, 3.05) is 11.9 Å². The van der Waals surface area contributed by atoms with Crippen LogP contribution in [0.15, 0.2) is 54.7 Å². The summed E-state index contributed by atoms with van der Waals surface area (Å²) >= 11 is 0. The first kappa shape index (κ1) is 14.0. The number of aromatic nitrogens is 1. The van der Waals surface area contributed by atoms with Gasteiger partial charge < -0.3 is 10.1 Å². The van der Waals surface area contributed by atoms with Crippen LogP contribution in [0.1, 0.15) is 12.5 Å². The van der Waals surface area contributed by atoms with Gasteiger partial charge in [0.05, 0.1) is 12.1 Å². The van der Waals surface area contributed by atoms with E-state index >= 15 is 0 Å². The summed E-state index contributed by atoms with van der Waals surface area (Å²) in [7, 11) is 0. The molecule has 1 heterocycles. The second-order valence-corrected chi connectivity index (χ2v) is 4.82. The van der Waals surface area contributed by atoms with Crippen LogP contribution in [-0.2, 0) is 0 Å². The van der Waals surface area contributed by atoms with Crippen LogP contribution >= 0.6 is 0 Å². The van der Waals surface area contributed by atoms with Crippen molar-refractivity contribution in [2.24, 2.45) is 0 Å². The Labute approximate surface area is 130 Å². The number of terminal acetylenes is 1. The molecule has 3 rings (SSSR count). The molecule has 0 aliphatic heterocycles. The van der Waals surface area contributed by atoms with E-state index in [0.29, 0.717) is 6.61 Å². The third-order valence-electron chi connectivity index (χ3n) is 3.33. The molecule has 1 N–H and O–H groups in total. The molecule has 108 valence electrons. The van der Waals surface area contributed by atoms with Crippen LogP contribution in [0.25, 0.3) is 10.9 Å². The molecule has 0 saturated heterocycles. The molecule has 0 fully saturated rings. The molecule has 0 radical (unpaired) electrons. The zero-order valence-corrected chi connectivity index (χ0v) is 12.3. The number of anilines is 2. The van der Waals surface area contributed by atoms with E-state index in [9.17, 15) is 0 Å². The van der Waals surface area contributed by atoms with Crippen molar-refractivity contribution in [3.8, 4) is 18.1 Å². The number of nitrogens with one attached hydrogen (secondary N) is 1. The minimum absolute atomic E-state index is 0.641. The van der Waals surface area contributed by atoms with Gasteiger partial charge in [-0.15, -0.1) is 6.42 Å². The molecule has 2 aromatic carbocycles. The smallest absolute Gasteiger partial charge is 0.121 e. The Morgan fingerprint density at radius 1 is 1.18 bits per heavy atom. The minimum atomic E-state index is 0.641. The molecule has 0 atom stereocenters. The van der Waals surface area contributed by atoms with Crippen LogP contribution in [0.4, 0.5) is 11.4 Å². The summed E-state index contributed by atoms with van der Waals surface area (Å²) in [5.74, 6) is 3.47. The van der Waals surface area contributed by atoms with Crippen LogP contribution in [0, 0.1) is 12.3 Å². The SMILES string of the molecule is C#Cc1cccc(Nc2ccnc3cc(OCC)ccc23)c1. The summed E-state index contributed by atoms with van der Waals surface area (Å²) in [4.78, 5) is 4.41. The van der Waals surface area contributed by atoms with Crippen LogP contribution < -0.4 is 10.1 Å². The topological polar surface area (TPSA) is 34.2 Å². The van der Waals surface area contributed by atoms with Gasteiger partial charge in [0.15, 0.2) is 0 Å². The molecule has 1 aromatic heterocycles. The second kappa shape index (κ2) is 6.19. The van der Waals surface area contributed by atoms with Gasteiger partial charge in [-0.2, -0.15) is 0 Å². The quantitative estimate of drug-likeness (QED) is 0.724. The van der Waals surface area contributed by atoms with Crippen molar-refractivity contribution in [3.05, 3.63) is 60.3 Å². The summed E-state index contributed by atoms with van der Waals surface area (Å²) in [5, 5.41) is 4.44.